The van der Waals surface area contributed by atoms with Gasteiger partial charge >= 0.3 is 11.7 Å². The molecular weight excluding hydrogens is 381 g/mol. The zero-order valence-corrected chi connectivity index (χ0v) is 13.5. The molecule has 0 radical (unpaired) electrons. The van der Waals surface area contributed by atoms with Crippen LogP contribution in [0.4, 0.5) is 30.7 Å². The lowest BCUT2D eigenvalue weighted by Crippen LogP contribution is -2.11. The van der Waals surface area contributed by atoms with Crippen LogP contribution in [-0.2, 0) is 0 Å². The highest BCUT2D eigenvalue weighted by molar-refractivity contribution is 8.00. The number of benzene rings is 1. The highest BCUT2D eigenvalue weighted by Gasteiger charge is 2.31. The molecular formula is C13H9F7N2S2. The molecule has 11 heteroatoms. The molecule has 0 saturated heterocycles. The summed E-state index contributed by atoms with van der Waals surface area (Å²) in [7, 11) is 0. The Morgan fingerprint density at radius 2 is 1.79 bits per heavy atom. The number of halogens is 7. The summed E-state index contributed by atoms with van der Waals surface area (Å²) in [5.74, 6) is -1.96. The van der Waals surface area contributed by atoms with Crippen LogP contribution in [0.1, 0.15) is 5.56 Å². The molecule has 0 atom stereocenters. The van der Waals surface area contributed by atoms with Crippen LogP contribution in [0.3, 0.4) is 0 Å². The van der Waals surface area contributed by atoms with Crippen molar-refractivity contribution in [3.05, 3.63) is 35.8 Å². The Kier molecular flexibility index (Phi) is 5.43. The van der Waals surface area contributed by atoms with Gasteiger partial charge in [0.15, 0.2) is 0 Å². The summed E-state index contributed by atoms with van der Waals surface area (Å²) in [5, 5.41) is 3.20. The maximum Gasteiger partial charge on any atom is 0.447 e. The maximum atomic E-state index is 14.0. The predicted octanol–water partition coefficient (Wildman–Crippen LogP) is 5.59. The minimum Gasteiger partial charge on any atom is -0.237 e. The molecule has 0 amide bonds. The summed E-state index contributed by atoms with van der Waals surface area (Å²) in [4.78, 5) is 0.171. The average molecular weight is 390 g/mol. The molecule has 0 aliphatic heterocycles. The highest BCUT2D eigenvalue weighted by atomic mass is 32.2. The second-order valence-corrected chi connectivity index (χ2v) is 6.72. The molecule has 0 aliphatic rings. The number of alkyl halides is 6. The number of hydrogen-bond donors (Lipinski definition) is 0. The van der Waals surface area contributed by atoms with Gasteiger partial charge in [0.25, 0.3) is 0 Å². The van der Waals surface area contributed by atoms with E-state index in [4.69, 9.17) is 0 Å². The molecule has 24 heavy (non-hydrogen) atoms. The van der Waals surface area contributed by atoms with Crippen LogP contribution in [0.25, 0.3) is 5.69 Å². The summed E-state index contributed by atoms with van der Waals surface area (Å²) in [5.41, 5.74) is -4.47. The van der Waals surface area contributed by atoms with Gasteiger partial charge < -0.3 is 0 Å². The normalized spacial score (nSPS) is 12.7. The smallest absolute Gasteiger partial charge is 0.237 e. The van der Waals surface area contributed by atoms with Crippen LogP contribution in [-0.4, -0.2) is 27.2 Å². The Bertz CT molecular complexity index is 722. The molecule has 1 aromatic carbocycles. The first-order valence-electron chi connectivity index (χ1n) is 6.26. The number of rotatable bonds is 4. The fraction of sp³-hybridized carbons (Fsp3) is 0.308. The number of nitrogens with zero attached hydrogens (tertiary/aromatic N) is 2. The molecule has 2 nitrogen and oxygen atoms in total. The summed E-state index contributed by atoms with van der Waals surface area (Å²) in [6.07, 6.45) is -3.28. The fourth-order valence-electron chi connectivity index (χ4n) is 1.75. The Morgan fingerprint density at radius 1 is 1.12 bits per heavy atom. The van der Waals surface area contributed by atoms with Crippen molar-refractivity contribution in [1.82, 2.24) is 9.78 Å². The van der Waals surface area contributed by atoms with Gasteiger partial charge in [0.2, 0.25) is 0 Å². The van der Waals surface area contributed by atoms with Crippen molar-refractivity contribution in [3.8, 4) is 5.69 Å². The van der Waals surface area contributed by atoms with Crippen molar-refractivity contribution < 1.29 is 30.7 Å². The summed E-state index contributed by atoms with van der Waals surface area (Å²) < 4.78 is 88.7. The fourth-order valence-corrected chi connectivity index (χ4v) is 3.04. The van der Waals surface area contributed by atoms with Crippen molar-refractivity contribution in [2.45, 2.75) is 28.5 Å². The number of thioether (sulfide) groups is 2. The van der Waals surface area contributed by atoms with Gasteiger partial charge in [0.05, 0.1) is 5.75 Å². The average Bonchev–Trinajstić information content (AvgIpc) is 2.82. The van der Waals surface area contributed by atoms with E-state index in [-0.39, 0.29) is 10.6 Å². The molecule has 1 aromatic heterocycles. The van der Waals surface area contributed by atoms with E-state index in [0.717, 1.165) is 29.1 Å². The third kappa shape index (κ3) is 5.33. The quantitative estimate of drug-likeness (QED) is 0.501. The summed E-state index contributed by atoms with van der Waals surface area (Å²) in [6, 6.07) is 3.20. The highest BCUT2D eigenvalue weighted by Crippen LogP contribution is 2.36. The van der Waals surface area contributed by atoms with Gasteiger partial charge in [-0.05, 0) is 30.7 Å². The molecule has 0 saturated carbocycles. The number of aryl methyl sites for hydroxylation is 1. The first-order chi connectivity index (χ1) is 10.9. The zero-order valence-electron chi connectivity index (χ0n) is 11.9. The van der Waals surface area contributed by atoms with Crippen LogP contribution < -0.4 is 0 Å². The van der Waals surface area contributed by atoms with Crippen LogP contribution in [0.15, 0.2) is 34.3 Å². The molecule has 0 bridgehead atoms. The van der Waals surface area contributed by atoms with Gasteiger partial charge in [-0.3, -0.25) is 0 Å². The Morgan fingerprint density at radius 3 is 2.38 bits per heavy atom. The lowest BCUT2D eigenvalue weighted by atomic mass is 10.2. The third-order valence-corrected chi connectivity index (χ3v) is 4.55. The minimum absolute atomic E-state index is 0.171. The van der Waals surface area contributed by atoms with Crippen molar-refractivity contribution in [2.24, 2.45) is 0 Å². The van der Waals surface area contributed by atoms with Gasteiger partial charge in [-0.25, -0.2) is 9.07 Å². The Hall–Kier alpha value is -1.36. The number of aromatic nitrogens is 2. The van der Waals surface area contributed by atoms with Crippen molar-refractivity contribution in [1.29, 1.82) is 0 Å². The van der Waals surface area contributed by atoms with E-state index < -0.39 is 40.0 Å². The van der Waals surface area contributed by atoms with Gasteiger partial charge in [0.1, 0.15) is 16.5 Å². The Labute approximate surface area is 140 Å². The standard InChI is InChI=1S/C13H9F7N2S2/c1-7-4-8(14)9(5-10(7)23-6-12(15,16)17)22-3-2-11(21-22)24-13(18,19)20/h2-5H,6H2,1H3. The molecule has 0 spiro atoms. The van der Waals surface area contributed by atoms with E-state index in [9.17, 15) is 30.7 Å². The second-order valence-electron chi connectivity index (χ2n) is 4.62. The van der Waals surface area contributed by atoms with E-state index >= 15 is 0 Å². The predicted molar refractivity (Wildman–Crippen MR) is 77.0 cm³/mol. The van der Waals surface area contributed by atoms with Gasteiger partial charge in [-0.15, -0.1) is 11.8 Å². The largest absolute Gasteiger partial charge is 0.447 e. The molecule has 0 aliphatic carbocycles. The van der Waals surface area contributed by atoms with Crippen molar-refractivity contribution >= 4 is 23.5 Å². The van der Waals surface area contributed by atoms with Crippen molar-refractivity contribution in [2.75, 3.05) is 5.75 Å². The van der Waals surface area contributed by atoms with E-state index in [1.807, 2.05) is 0 Å². The maximum absolute atomic E-state index is 14.0. The minimum atomic E-state index is -4.54. The monoisotopic (exact) mass is 390 g/mol. The first-order valence-corrected chi connectivity index (χ1v) is 8.06. The SMILES string of the molecule is Cc1cc(F)c(-n2ccc(SC(F)(F)F)n2)cc1SCC(F)(F)F. The molecule has 2 aromatic rings. The van der Waals surface area contributed by atoms with E-state index in [2.05, 4.69) is 5.10 Å². The van der Waals surface area contributed by atoms with E-state index in [1.54, 1.807) is 0 Å². The van der Waals surface area contributed by atoms with E-state index in [0.29, 0.717) is 17.3 Å². The zero-order chi connectivity index (χ0) is 18.1. The molecule has 0 unspecified atom stereocenters. The topological polar surface area (TPSA) is 17.8 Å². The van der Waals surface area contributed by atoms with Crippen molar-refractivity contribution in [3.63, 3.8) is 0 Å². The lowest BCUT2D eigenvalue weighted by molar-refractivity contribution is -0.105. The molecule has 1 heterocycles. The molecule has 0 N–H and O–H groups in total. The van der Waals surface area contributed by atoms with Gasteiger partial charge in [-0.2, -0.15) is 31.4 Å². The lowest BCUT2D eigenvalue weighted by Gasteiger charge is -2.11. The third-order valence-electron chi connectivity index (χ3n) is 2.67. The molecule has 0 fully saturated rings. The summed E-state index contributed by atoms with van der Waals surface area (Å²) in [6.45, 7) is 1.44. The second kappa shape index (κ2) is 6.87. The molecule has 2 rings (SSSR count). The van der Waals surface area contributed by atoms with Gasteiger partial charge in [0, 0.05) is 22.9 Å². The van der Waals surface area contributed by atoms with Crippen LogP contribution >= 0.6 is 23.5 Å². The van der Waals surface area contributed by atoms with Crippen LogP contribution in [0, 0.1) is 12.7 Å². The number of hydrogen-bond acceptors (Lipinski definition) is 3. The van der Waals surface area contributed by atoms with Crippen LogP contribution in [0.5, 0.6) is 0 Å². The van der Waals surface area contributed by atoms with Crippen LogP contribution in [0.2, 0.25) is 0 Å². The Balaban J connectivity index is 2.30. The van der Waals surface area contributed by atoms with Gasteiger partial charge in [-0.1, -0.05) is 0 Å². The molecule has 132 valence electrons. The summed E-state index contributed by atoms with van der Waals surface area (Å²) >= 11 is 0.00506. The first kappa shape index (κ1) is 19.0. The van der Waals surface area contributed by atoms with E-state index in [1.165, 1.54) is 6.92 Å².